The summed E-state index contributed by atoms with van der Waals surface area (Å²) in [5.74, 6) is 0.783. The smallest absolute Gasteiger partial charge is 0.243 e. The van der Waals surface area contributed by atoms with Crippen LogP contribution in [0, 0.1) is 0 Å². The Morgan fingerprint density at radius 3 is 2.71 bits per heavy atom. The first-order valence-corrected chi connectivity index (χ1v) is 10.5. The maximum absolute atomic E-state index is 12.6. The van der Waals surface area contributed by atoms with Crippen LogP contribution in [0.3, 0.4) is 0 Å². The number of nitrogens with zero attached hydrogens (tertiary/aromatic N) is 1. The van der Waals surface area contributed by atoms with Crippen LogP contribution in [0.5, 0.6) is 0 Å². The van der Waals surface area contributed by atoms with Crippen molar-refractivity contribution < 1.29 is 8.42 Å². The van der Waals surface area contributed by atoms with Crippen molar-refractivity contribution in [3.05, 3.63) is 28.2 Å². The highest BCUT2D eigenvalue weighted by Gasteiger charge is 2.23. The van der Waals surface area contributed by atoms with Crippen molar-refractivity contribution in [1.29, 1.82) is 0 Å². The van der Waals surface area contributed by atoms with E-state index in [0.717, 1.165) is 24.3 Å². The fraction of sp³-hybridized carbons (Fsp3) is 0.571. The summed E-state index contributed by atoms with van der Waals surface area (Å²) in [5.41, 5.74) is 0.975. The quantitative estimate of drug-likeness (QED) is 0.654. The van der Waals surface area contributed by atoms with E-state index < -0.39 is 10.0 Å². The van der Waals surface area contributed by atoms with E-state index in [9.17, 15) is 8.42 Å². The van der Waals surface area contributed by atoms with E-state index in [2.05, 4.69) is 28.2 Å². The molecule has 1 aromatic rings. The third-order valence-electron chi connectivity index (χ3n) is 3.05. The van der Waals surface area contributed by atoms with Gasteiger partial charge in [-0.05, 0) is 52.8 Å². The van der Waals surface area contributed by atoms with Gasteiger partial charge < -0.3 is 5.32 Å². The molecule has 0 heterocycles. The predicted molar refractivity (Wildman–Crippen MR) is 94.3 cm³/mol. The molecule has 0 aliphatic heterocycles. The van der Waals surface area contributed by atoms with Crippen LogP contribution in [-0.4, -0.2) is 44.9 Å². The molecule has 4 nitrogen and oxygen atoms in total. The van der Waals surface area contributed by atoms with Gasteiger partial charge in [0.05, 0.1) is 4.90 Å². The van der Waals surface area contributed by atoms with Crippen molar-refractivity contribution in [3.63, 3.8) is 0 Å². The third-order valence-corrected chi connectivity index (χ3v) is 6.49. The van der Waals surface area contributed by atoms with Crippen molar-refractivity contribution in [1.82, 2.24) is 9.62 Å². The standard InChI is InChI=1S/C14H23BrN2O2S2/c1-4-7-16-11-12-5-6-13(15)14(10-12)21(18,19)17(2)8-9-20-3/h5-6,10,16H,4,7-9,11H2,1-3H3. The molecule has 1 rings (SSSR count). The molecule has 0 atom stereocenters. The van der Waals surface area contributed by atoms with Gasteiger partial charge in [-0.3, -0.25) is 0 Å². The van der Waals surface area contributed by atoms with Crippen molar-refractivity contribution in [3.8, 4) is 0 Å². The first-order chi connectivity index (χ1) is 9.93. The van der Waals surface area contributed by atoms with Crippen LogP contribution in [0.1, 0.15) is 18.9 Å². The van der Waals surface area contributed by atoms with Crippen LogP contribution >= 0.6 is 27.7 Å². The van der Waals surface area contributed by atoms with Crippen molar-refractivity contribution in [2.24, 2.45) is 0 Å². The van der Waals surface area contributed by atoms with Gasteiger partial charge in [-0.2, -0.15) is 11.8 Å². The van der Waals surface area contributed by atoms with E-state index in [-0.39, 0.29) is 0 Å². The fourth-order valence-electron chi connectivity index (χ4n) is 1.77. The molecule has 0 saturated heterocycles. The van der Waals surface area contributed by atoms with Crippen LogP contribution < -0.4 is 5.32 Å². The molecule has 0 saturated carbocycles. The molecule has 7 heteroatoms. The van der Waals surface area contributed by atoms with E-state index >= 15 is 0 Å². The lowest BCUT2D eigenvalue weighted by atomic mass is 10.2. The Morgan fingerprint density at radius 1 is 1.38 bits per heavy atom. The molecule has 120 valence electrons. The second kappa shape index (κ2) is 9.15. The summed E-state index contributed by atoms with van der Waals surface area (Å²) in [4.78, 5) is 0.335. The molecular formula is C14H23BrN2O2S2. The predicted octanol–water partition coefficient (Wildman–Crippen LogP) is 2.93. The van der Waals surface area contributed by atoms with Gasteiger partial charge in [-0.25, -0.2) is 12.7 Å². The summed E-state index contributed by atoms with van der Waals surface area (Å²) in [5, 5.41) is 3.29. The minimum absolute atomic E-state index is 0.335. The van der Waals surface area contributed by atoms with Gasteiger partial charge in [-0.15, -0.1) is 0 Å². The van der Waals surface area contributed by atoms with Gasteiger partial charge in [0.1, 0.15) is 0 Å². The van der Waals surface area contributed by atoms with Gasteiger partial charge in [0.15, 0.2) is 0 Å². The monoisotopic (exact) mass is 394 g/mol. The normalized spacial score (nSPS) is 12.0. The molecular weight excluding hydrogens is 372 g/mol. The minimum atomic E-state index is -3.45. The zero-order valence-electron chi connectivity index (χ0n) is 12.7. The van der Waals surface area contributed by atoms with E-state index in [1.54, 1.807) is 30.9 Å². The average molecular weight is 395 g/mol. The van der Waals surface area contributed by atoms with E-state index in [1.807, 2.05) is 12.3 Å². The molecule has 1 N–H and O–H groups in total. The zero-order valence-corrected chi connectivity index (χ0v) is 15.9. The van der Waals surface area contributed by atoms with E-state index in [4.69, 9.17) is 0 Å². The number of halogens is 1. The fourth-order valence-corrected chi connectivity index (χ4v) is 4.49. The maximum atomic E-state index is 12.6. The summed E-state index contributed by atoms with van der Waals surface area (Å²) in [6.45, 7) is 4.21. The Kier molecular flexibility index (Phi) is 8.26. The highest BCUT2D eigenvalue weighted by Crippen LogP contribution is 2.26. The number of nitrogens with one attached hydrogen (secondary N) is 1. The highest BCUT2D eigenvalue weighted by atomic mass is 79.9. The largest absolute Gasteiger partial charge is 0.313 e. The molecule has 0 fully saturated rings. The molecule has 0 aromatic heterocycles. The Labute approximate surface area is 140 Å². The highest BCUT2D eigenvalue weighted by molar-refractivity contribution is 9.10. The Balaban J connectivity index is 2.96. The number of hydrogen-bond acceptors (Lipinski definition) is 4. The number of hydrogen-bond donors (Lipinski definition) is 1. The second-order valence-electron chi connectivity index (χ2n) is 4.76. The van der Waals surface area contributed by atoms with Crippen LogP contribution in [0.25, 0.3) is 0 Å². The van der Waals surface area contributed by atoms with Gasteiger partial charge in [0.25, 0.3) is 0 Å². The van der Waals surface area contributed by atoms with E-state index in [1.165, 1.54) is 4.31 Å². The van der Waals surface area contributed by atoms with E-state index in [0.29, 0.717) is 22.5 Å². The Hall–Kier alpha value is -0.0800. The van der Waals surface area contributed by atoms with Gasteiger partial charge in [0, 0.05) is 30.4 Å². The van der Waals surface area contributed by atoms with Gasteiger partial charge in [0.2, 0.25) is 10.0 Å². The lowest BCUT2D eigenvalue weighted by Gasteiger charge is -2.18. The Bertz CT molecular complexity index is 550. The lowest BCUT2D eigenvalue weighted by molar-refractivity contribution is 0.488. The van der Waals surface area contributed by atoms with Crippen LogP contribution in [0.15, 0.2) is 27.6 Å². The number of thioether (sulfide) groups is 1. The summed E-state index contributed by atoms with van der Waals surface area (Å²) in [6, 6.07) is 5.49. The molecule has 0 radical (unpaired) electrons. The summed E-state index contributed by atoms with van der Waals surface area (Å²) in [6.07, 6.45) is 3.02. The lowest BCUT2D eigenvalue weighted by Crippen LogP contribution is -2.29. The molecule has 0 amide bonds. The number of rotatable bonds is 9. The molecule has 21 heavy (non-hydrogen) atoms. The van der Waals surface area contributed by atoms with Crippen LogP contribution in [0.4, 0.5) is 0 Å². The first-order valence-electron chi connectivity index (χ1n) is 6.88. The average Bonchev–Trinajstić information content (AvgIpc) is 2.46. The van der Waals surface area contributed by atoms with Crippen molar-refractivity contribution in [2.75, 3.05) is 32.1 Å². The topological polar surface area (TPSA) is 49.4 Å². The van der Waals surface area contributed by atoms with Crippen LogP contribution in [0.2, 0.25) is 0 Å². The summed E-state index contributed by atoms with van der Waals surface area (Å²) < 4.78 is 27.2. The van der Waals surface area contributed by atoms with Crippen LogP contribution in [-0.2, 0) is 16.6 Å². The maximum Gasteiger partial charge on any atom is 0.243 e. The van der Waals surface area contributed by atoms with Crippen molar-refractivity contribution >= 4 is 37.7 Å². The Morgan fingerprint density at radius 2 is 2.10 bits per heavy atom. The first kappa shape index (κ1) is 19.0. The molecule has 1 aromatic carbocycles. The zero-order chi connectivity index (χ0) is 15.9. The molecule has 0 aliphatic carbocycles. The summed E-state index contributed by atoms with van der Waals surface area (Å²) in [7, 11) is -1.82. The number of sulfonamides is 1. The molecule has 0 bridgehead atoms. The molecule has 0 spiro atoms. The molecule has 0 aliphatic rings. The number of benzene rings is 1. The SMILES string of the molecule is CCCNCc1ccc(Br)c(S(=O)(=O)N(C)CCSC)c1. The summed E-state index contributed by atoms with van der Waals surface area (Å²) >= 11 is 4.99. The second-order valence-corrected chi connectivity index (χ2v) is 8.61. The van der Waals surface area contributed by atoms with Gasteiger partial charge in [-0.1, -0.05) is 13.0 Å². The third kappa shape index (κ3) is 5.56. The molecule has 0 unspecified atom stereocenters. The minimum Gasteiger partial charge on any atom is -0.313 e. The van der Waals surface area contributed by atoms with Crippen molar-refractivity contribution in [2.45, 2.75) is 24.8 Å². The van der Waals surface area contributed by atoms with Gasteiger partial charge >= 0.3 is 0 Å².